The van der Waals surface area contributed by atoms with Crippen molar-refractivity contribution in [1.82, 2.24) is 15.6 Å². The number of carboxylic acid groups (broad SMARTS) is 1. The van der Waals surface area contributed by atoms with E-state index in [4.69, 9.17) is 5.11 Å². The van der Waals surface area contributed by atoms with Gasteiger partial charge in [-0.3, -0.25) is 4.79 Å². The van der Waals surface area contributed by atoms with Gasteiger partial charge in [0.2, 0.25) is 0 Å². The molecule has 0 unspecified atom stereocenters. The fraction of sp³-hybridized carbons (Fsp3) is 0.562. The number of rotatable bonds is 5. The van der Waals surface area contributed by atoms with Crippen molar-refractivity contribution in [3.8, 4) is 0 Å². The lowest BCUT2D eigenvalue weighted by Crippen LogP contribution is -2.44. The molecule has 1 aliphatic heterocycles. The van der Waals surface area contributed by atoms with E-state index >= 15 is 0 Å². The molecule has 23 heavy (non-hydrogen) atoms. The highest BCUT2D eigenvalue weighted by molar-refractivity contribution is 5.92. The second-order valence-electron chi connectivity index (χ2n) is 6.25. The highest BCUT2D eigenvalue weighted by Gasteiger charge is 2.23. The second kappa shape index (κ2) is 6.85. The van der Waals surface area contributed by atoms with Crippen molar-refractivity contribution in [1.29, 1.82) is 0 Å². The first-order valence-electron chi connectivity index (χ1n) is 8.11. The number of aromatic nitrogens is 1. The average Bonchev–Trinajstić information content (AvgIpc) is 3.37. The molecule has 1 aromatic heterocycles. The third-order valence-corrected chi connectivity index (χ3v) is 4.36. The van der Waals surface area contributed by atoms with Crippen molar-refractivity contribution in [2.75, 3.05) is 24.5 Å². The number of amides is 2. The van der Waals surface area contributed by atoms with E-state index in [9.17, 15) is 9.59 Å². The summed E-state index contributed by atoms with van der Waals surface area (Å²) in [5.74, 6) is 1.29. The van der Waals surface area contributed by atoms with Crippen molar-refractivity contribution < 1.29 is 14.7 Å². The molecule has 1 saturated carbocycles. The molecule has 3 N–H and O–H groups in total. The first-order chi connectivity index (χ1) is 11.1. The SMILES string of the molecule is O=C(O)NC1CCN(c2cccc(C(=O)NCC3CC3)n2)CC1. The summed E-state index contributed by atoms with van der Waals surface area (Å²) in [4.78, 5) is 29.3. The van der Waals surface area contributed by atoms with Gasteiger partial charge >= 0.3 is 6.09 Å². The summed E-state index contributed by atoms with van der Waals surface area (Å²) in [6.07, 6.45) is 2.91. The number of pyridine rings is 1. The van der Waals surface area contributed by atoms with E-state index in [0.29, 0.717) is 11.6 Å². The van der Waals surface area contributed by atoms with Gasteiger partial charge in [-0.1, -0.05) is 6.07 Å². The van der Waals surface area contributed by atoms with Crippen LogP contribution in [0.2, 0.25) is 0 Å². The number of hydrogen-bond donors (Lipinski definition) is 3. The molecular weight excluding hydrogens is 296 g/mol. The fourth-order valence-corrected chi connectivity index (χ4v) is 2.80. The molecule has 0 bridgehead atoms. The Morgan fingerprint density at radius 1 is 1.22 bits per heavy atom. The maximum absolute atomic E-state index is 12.1. The number of hydrogen-bond acceptors (Lipinski definition) is 4. The fourth-order valence-electron chi connectivity index (χ4n) is 2.80. The van der Waals surface area contributed by atoms with E-state index in [1.165, 1.54) is 12.8 Å². The monoisotopic (exact) mass is 318 g/mol. The quantitative estimate of drug-likeness (QED) is 0.764. The molecule has 7 heteroatoms. The lowest BCUT2D eigenvalue weighted by atomic mass is 10.1. The van der Waals surface area contributed by atoms with Gasteiger partial charge in [0.1, 0.15) is 11.5 Å². The van der Waals surface area contributed by atoms with Gasteiger partial charge in [0, 0.05) is 25.7 Å². The van der Waals surface area contributed by atoms with Crippen LogP contribution in [0.4, 0.5) is 10.6 Å². The Kier molecular flexibility index (Phi) is 4.64. The average molecular weight is 318 g/mol. The molecule has 2 amide bonds. The third kappa shape index (κ3) is 4.34. The zero-order valence-electron chi connectivity index (χ0n) is 13.0. The molecule has 7 nitrogen and oxygen atoms in total. The molecule has 0 spiro atoms. The van der Waals surface area contributed by atoms with Crippen molar-refractivity contribution in [3.05, 3.63) is 23.9 Å². The van der Waals surface area contributed by atoms with E-state index in [2.05, 4.69) is 20.5 Å². The number of carbonyl (C=O) groups is 2. The largest absolute Gasteiger partial charge is 0.465 e. The maximum Gasteiger partial charge on any atom is 0.404 e. The van der Waals surface area contributed by atoms with E-state index in [1.807, 2.05) is 12.1 Å². The van der Waals surface area contributed by atoms with Crippen LogP contribution in [0.15, 0.2) is 18.2 Å². The third-order valence-electron chi connectivity index (χ3n) is 4.36. The number of anilines is 1. The minimum Gasteiger partial charge on any atom is -0.465 e. The molecule has 1 aliphatic carbocycles. The number of piperidine rings is 1. The van der Waals surface area contributed by atoms with E-state index in [1.54, 1.807) is 6.07 Å². The summed E-state index contributed by atoms with van der Waals surface area (Å²) < 4.78 is 0. The van der Waals surface area contributed by atoms with Gasteiger partial charge in [-0.05, 0) is 43.7 Å². The van der Waals surface area contributed by atoms with E-state index < -0.39 is 6.09 Å². The lowest BCUT2D eigenvalue weighted by molar-refractivity contribution is 0.0946. The number of carbonyl (C=O) groups excluding carboxylic acids is 1. The van der Waals surface area contributed by atoms with E-state index in [0.717, 1.165) is 38.3 Å². The molecule has 0 radical (unpaired) electrons. The molecule has 2 heterocycles. The number of nitrogens with zero attached hydrogens (tertiary/aromatic N) is 2. The summed E-state index contributed by atoms with van der Waals surface area (Å²) in [6, 6.07) is 5.46. The van der Waals surface area contributed by atoms with Crippen LogP contribution in [0.5, 0.6) is 0 Å². The Morgan fingerprint density at radius 2 is 1.96 bits per heavy atom. The van der Waals surface area contributed by atoms with Crippen LogP contribution in [0, 0.1) is 5.92 Å². The van der Waals surface area contributed by atoms with Gasteiger partial charge in [-0.25, -0.2) is 9.78 Å². The van der Waals surface area contributed by atoms with E-state index in [-0.39, 0.29) is 11.9 Å². The van der Waals surface area contributed by atoms with Crippen LogP contribution in [-0.4, -0.2) is 47.8 Å². The molecule has 2 aliphatic rings. The second-order valence-corrected chi connectivity index (χ2v) is 6.25. The Hall–Kier alpha value is -2.31. The summed E-state index contributed by atoms with van der Waals surface area (Å²) in [7, 11) is 0. The van der Waals surface area contributed by atoms with Crippen molar-refractivity contribution >= 4 is 17.8 Å². The molecule has 0 aromatic carbocycles. The van der Waals surface area contributed by atoms with Crippen LogP contribution in [-0.2, 0) is 0 Å². The molecule has 0 atom stereocenters. The predicted octanol–water partition coefficient (Wildman–Crippen LogP) is 1.46. The van der Waals surface area contributed by atoms with Crippen LogP contribution >= 0.6 is 0 Å². The van der Waals surface area contributed by atoms with Crippen LogP contribution in [0.1, 0.15) is 36.2 Å². The minimum atomic E-state index is -0.976. The standard InChI is InChI=1S/C16H22N4O3/c21-15(17-10-11-4-5-11)13-2-1-3-14(19-13)20-8-6-12(7-9-20)18-16(22)23/h1-3,11-12,18H,4-10H2,(H,17,21)(H,22,23). The summed E-state index contributed by atoms with van der Waals surface area (Å²) in [5, 5.41) is 14.2. The minimum absolute atomic E-state index is 0.00577. The van der Waals surface area contributed by atoms with Gasteiger partial charge in [0.05, 0.1) is 0 Å². The molecule has 1 saturated heterocycles. The Morgan fingerprint density at radius 3 is 2.61 bits per heavy atom. The normalized spacial score (nSPS) is 18.5. The van der Waals surface area contributed by atoms with Crippen LogP contribution < -0.4 is 15.5 Å². The van der Waals surface area contributed by atoms with Gasteiger partial charge < -0.3 is 20.6 Å². The molecule has 2 fully saturated rings. The first-order valence-corrected chi connectivity index (χ1v) is 8.11. The summed E-state index contributed by atoms with van der Waals surface area (Å²) in [5.41, 5.74) is 0.439. The van der Waals surface area contributed by atoms with Crippen molar-refractivity contribution in [3.63, 3.8) is 0 Å². The highest BCUT2D eigenvalue weighted by atomic mass is 16.4. The smallest absolute Gasteiger partial charge is 0.404 e. The van der Waals surface area contributed by atoms with Gasteiger partial charge in [0.25, 0.3) is 5.91 Å². The molecule has 1 aromatic rings. The Bertz CT molecular complexity index is 580. The summed E-state index contributed by atoms with van der Waals surface area (Å²) in [6.45, 7) is 2.19. The Labute approximate surface area is 135 Å². The maximum atomic E-state index is 12.1. The first kappa shape index (κ1) is 15.6. The summed E-state index contributed by atoms with van der Waals surface area (Å²) >= 11 is 0. The van der Waals surface area contributed by atoms with Crippen molar-refractivity contribution in [2.45, 2.75) is 31.7 Å². The molecule has 124 valence electrons. The highest BCUT2D eigenvalue weighted by Crippen LogP contribution is 2.27. The topological polar surface area (TPSA) is 94.6 Å². The zero-order valence-corrected chi connectivity index (χ0v) is 13.0. The Balaban J connectivity index is 1.56. The molecular formula is C16H22N4O3. The molecule has 3 rings (SSSR count). The van der Waals surface area contributed by atoms with Crippen LogP contribution in [0.3, 0.4) is 0 Å². The van der Waals surface area contributed by atoms with Gasteiger partial charge in [0.15, 0.2) is 0 Å². The lowest BCUT2D eigenvalue weighted by Gasteiger charge is -2.32. The van der Waals surface area contributed by atoms with Crippen molar-refractivity contribution in [2.24, 2.45) is 5.92 Å². The number of nitrogens with one attached hydrogen (secondary N) is 2. The zero-order chi connectivity index (χ0) is 16.2. The van der Waals surface area contributed by atoms with Gasteiger partial charge in [-0.2, -0.15) is 0 Å². The predicted molar refractivity (Wildman–Crippen MR) is 85.7 cm³/mol. The van der Waals surface area contributed by atoms with Gasteiger partial charge in [-0.15, -0.1) is 0 Å². The van der Waals surface area contributed by atoms with Crippen LogP contribution in [0.25, 0.3) is 0 Å².